The third kappa shape index (κ3) is 3.74. The Balaban J connectivity index is 1.85. The second-order valence-electron chi connectivity index (χ2n) is 5.02. The summed E-state index contributed by atoms with van der Waals surface area (Å²) in [4.78, 5) is 0. The molecule has 0 amide bonds. The molecule has 0 bridgehead atoms. The summed E-state index contributed by atoms with van der Waals surface area (Å²) in [6.45, 7) is 4.56. The maximum absolute atomic E-state index is 3.68. The van der Waals surface area contributed by atoms with E-state index < -0.39 is 0 Å². The third-order valence-electron chi connectivity index (χ3n) is 3.29. The highest BCUT2D eigenvalue weighted by atomic mass is 127. The topological polar surface area (TPSA) is 12.0 Å². The summed E-state index contributed by atoms with van der Waals surface area (Å²) in [7, 11) is 0. The van der Waals surface area contributed by atoms with E-state index in [9.17, 15) is 0 Å². The summed E-state index contributed by atoms with van der Waals surface area (Å²) in [5, 5.41) is 3.68. The molecule has 0 aromatic heterocycles. The second kappa shape index (κ2) is 5.50. The molecule has 2 rings (SSSR count). The Bertz CT molecular complexity index is 329. The quantitative estimate of drug-likeness (QED) is 0.801. The predicted octanol–water partition coefficient (Wildman–Crippen LogP) is 4.13. The van der Waals surface area contributed by atoms with E-state index in [1.165, 1.54) is 28.4 Å². The molecule has 0 aliphatic heterocycles. The van der Waals surface area contributed by atoms with Crippen LogP contribution in [0.4, 0.5) is 0 Å². The van der Waals surface area contributed by atoms with Crippen LogP contribution in [0.2, 0.25) is 0 Å². The van der Waals surface area contributed by atoms with E-state index in [2.05, 4.69) is 66.0 Å². The van der Waals surface area contributed by atoms with Gasteiger partial charge in [0, 0.05) is 15.7 Å². The molecular formula is C14H20IN. The molecule has 0 spiro atoms. The van der Waals surface area contributed by atoms with Crippen LogP contribution in [0.25, 0.3) is 0 Å². The molecule has 1 N–H and O–H groups in total. The van der Waals surface area contributed by atoms with Gasteiger partial charge in [0.1, 0.15) is 0 Å². The molecule has 1 aliphatic carbocycles. The van der Waals surface area contributed by atoms with Crippen LogP contribution in [-0.4, -0.2) is 6.04 Å². The van der Waals surface area contributed by atoms with E-state index in [1.54, 1.807) is 0 Å². The lowest BCUT2D eigenvalue weighted by Crippen LogP contribution is -2.29. The van der Waals surface area contributed by atoms with E-state index in [0.29, 0.717) is 12.1 Å². The second-order valence-corrected chi connectivity index (χ2v) is 6.27. The molecule has 88 valence electrons. The first kappa shape index (κ1) is 12.4. The van der Waals surface area contributed by atoms with E-state index in [1.807, 2.05) is 0 Å². The molecule has 1 saturated carbocycles. The molecule has 1 aromatic rings. The molecule has 0 saturated heterocycles. The van der Waals surface area contributed by atoms with Crippen molar-refractivity contribution in [3.05, 3.63) is 33.4 Å². The number of halogens is 1. The molecule has 2 atom stereocenters. The number of hydrogen-bond acceptors (Lipinski definition) is 1. The monoisotopic (exact) mass is 329 g/mol. The minimum Gasteiger partial charge on any atom is -0.308 e. The summed E-state index contributed by atoms with van der Waals surface area (Å²) < 4.78 is 1.31. The Labute approximate surface area is 112 Å². The van der Waals surface area contributed by atoms with Gasteiger partial charge in [0.2, 0.25) is 0 Å². The van der Waals surface area contributed by atoms with Gasteiger partial charge in [-0.15, -0.1) is 0 Å². The van der Waals surface area contributed by atoms with Crippen LogP contribution in [-0.2, 0) is 0 Å². The summed E-state index contributed by atoms with van der Waals surface area (Å²) in [5.74, 6) is 1.01. The number of hydrogen-bond donors (Lipinski definition) is 1. The summed E-state index contributed by atoms with van der Waals surface area (Å²) in [5.41, 5.74) is 1.39. The number of benzene rings is 1. The zero-order valence-corrected chi connectivity index (χ0v) is 12.2. The minimum atomic E-state index is 0.464. The van der Waals surface area contributed by atoms with Gasteiger partial charge in [-0.3, -0.25) is 0 Å². The van der Waals surface area contributed by atoms with Gasteiger partial charge < -0.3 is 5.32 Å². The Morgan fingerprint density at radius 3 is 2.44 bits per heavy atom. The minimum absolute atomic E-state index is 0.464. The SMILES string of the molecule is CC(CC1CC1)NC(C)c1ccc(I)cc1. The van der Waals surface area contributed by atoms with Gasteiger partial charge in [-0.05, 0) is 66.5 Å². The Morgan fingerprint density at radius 2 is 1.88 bits per heavy atom. The normalized spacial score (nSPS) is 19.4. The fraction of sp³-hybridized carbons (Fsp3) is 0.571. The van der Waals surface area contributed by atoms with Gasteiger partial charge in [-0.1, -0.05) is 25.0 Å². The molecule has 0 heterocycles. The van der Waals surface area contributed by atoms with Crippen LogP contribution in [0, 0.1) is 9.49 Å². The van der Waals surface area contributed by atoms with Crippen LogP contribution in [0.1, 0.15) is 44.7 Å². The summed E-state index contributed by atoms with van der Waals surface area (Å²) in [6.07, 6.45) is 4.24. The van der Waals surface area contributed by atoms with Gasteiger partial charge >= 0.3 is 0 Å². The highest BCUT2D eigenvalue weighted by molar-refractivity contribution is 14.1. The van der Waals surface area contributed by atoms with Gasteiger partial charge in [-0.2, -0.15) is 0 Å². The third-order valence-corrected chi connectivity index (χ3v) is 4.01. The van der Waals surface area contributed by atoms with Crippen molar-refractivity contribution >= 4 is 22.6 Å². The van der Waals surface area contributed by atoms with Gasteiger partial charge in [0.25, 0.3) is 0 Å². The number of nitrogens with one attached hydrogen (secondary N) is 1. The molecular weight excluding hydrogens is 309 g/mol. The molecule has 1 aromatic carbocycles. The first-order chi connectivity index (χ1) is 7.65. The molecule has 16 heavy (non-hydrogen) atoms. The summed E-state index contributed by atoms with van der Waals surface area (Å²) in [6, 6.07) is 9.92. The lowest BCUT2D eigenvalue weighted by Gasteiger charge is -2.20. The first-order valence-electron chi connectivity index (χ1n) is 6.16. The van der Waals surface area contributed by atoms with Crippen molar-refractivity contribution in [2.24, 2.45) is 5.92 Å². The lowest BCUT2D eigenvalue weighted by molar-refractivity contribution is 0.438. The van der Waals surface area contributed by atoms with Gasteiger partial charge in [-0.25, -0.2) is 0 Å². The number of rotatable bonds is 5. The van der Waals surface area contributed by atoms with Crippen molar-refractivity contribution in [2.45, 2.75) is 45.2 Å². The van der Waals surface area contributed by atoms with Crippen LogP contribution in [0.5, 0.6) is 0 Å². The van der Waals surface area contributed by atoms with Crippen molar-refractivity contribution in [1.82, 2.24) is 5.32 Å². The highest BCUT2D eigenvalue weighted by Gasteiger charge is 2.24. The molecule has 1 nitrogen and oxygen atoms in total. The van der Waals surface area contributed by atoms with E-state index in [4.69, 9.17) is 0 Å². The van der Waals surface area contributed by atoms with E-state index in [-0.39, 0.29) is 0 Å². The van der Waals surface area contributed by atoms with Crippen molar-refractivity contribution in [3.63, 3.8) is 0 Å². The lowest BCUT2D eigenvalue weighted by atomic mass is 10.1. The van der Waals surface area contributed by atoms with E-state index in [0.717, 1.165) is 5.92 Å². The van der Waals surface area contributed by atoms with Crippen LogP contribution in [0.15, 0.2) is 24.3 Å². The average Bonchev–Trinajstić information content (AvgIpc) is 3.02. The maximum atomic E-state index is 3.68. The van der Waals surface area contributed by atoms with Crippen molar-refractivity contribution in [2.75, 3.05) is 0 Å². The van der Waals surface area contributed by atoms with Crippen molar-refractivity contribution in [1.29, 1.82) is 0 Å². The van der Waals surface area contributed by atoms with Crippen LogP contribution >= 0.6 is 22.6 Å². The molecule has 1 aliphatic rings. The van der Waals surface area contributed by atoms with Crippen molar-refractivity contribution in [3.8, 4) is 0 Å². The first-order valence-corrected chi connectivity index (χ1v) is 7.24. The van der Waals surface area contributed by atoms with Crippen LogP contribution in [0.3, 0.4) is 0 Å². The predicted molar refractivity (Wildman–Crippen MR) is 77.5 cm³/mol. The van der Waals surface area contributed by atoms with Crippen LogP contribution < -0.4 is 5.32 Å². The van der Waals surface area contributed by atoms with Gasteiger partial charge in [0.15, 0.2) is 0 Å². The Morgan fingerprint density at radius 1 is 1.25 bits per heavy atom. The fourth-order valence-corrected chi connectivity index (χ4v) is 2.56. The smallest absolute Gasteiger partial charge is 0.0294 e. The molecule has 1 fully saturated rings. The van der Waals surface area contributed by atoms with Crippen molar-refractivity contribution < 1.29 is 0 Å². The summed E-state index contributed by atoms with van der Waals surface area (Å²) >= 11 is 2.35. The average molecular weight is 329 g/mol. The highest BCUT2D eigenvalue weighted by Crippen LogP contribution is 2.33. The van der Waals surface area contributed by atoms with Gasteiger partial charge in [0.05, 0.1) is 0 Å². The Kier molecular flexibility index (Phi) is 4.25. The molecule has 2 unspecified atom stereocenters. The largest absolute Gasteiger partial charge is 0.308 e. The maximum Gasteiger partial charge on any atom is 0.0294 e. The van der Waals surface area contributed by atoms with E-state index >= 15 is 0 Å². The molecule has 2 heteroatoms. The molecule has 0 radical (unpaired) electrons. The zero-order valence-electron chi connectivity index (χ0n) is 10.0. The zero-order chi connectivity index (χ0) is 11.5. The standard InChI is InChI=1S/C14H20IN/c1-10(9-12-3-4-12)16-11(2)13-5-7-14(15)8-6-13/h5-8,10-12,16H,3-4,9H2,1-2H3. The fourth-order valence-electron chi connectivity index (χ4n) is 2.20. The Hall–Kier alpha value is -0.0900.